The summed E-state index contributed by atoms with van der Waals surface area (Å²) in [4.78, 5) is 15.2. The van der Waals surface area contributed by atoms with E-state index in [9.17, 15) is 35.9 Å². The van der Waals surface area contributed by atoms with Gasteiger partial charge in [0.1, 0.15) is 11.2 Å². The average molecular weight is 541 g/mol. The van der Waals surface area contributed by atoms with Gasteiger partial charge in [0.15, 0.2) is 9.84 Å². The number of fused-ring (bicyclic) bond motifs is 1. The molecule has 2 aromatic rings. The summed E-state index contributed by atoms with van der Waals surface area (Å²) in [5.41, 5.74) is 0.294. The fourth-order valence-electron chi connectivity index (χ4n) is 5.33. The van der Waals surface area contributed by atoms with E-state index in [0.29, 0.717) is 36.6 Å². The second kappa shape index (κ2) is 10.1. The lowest BCUT2D eigenvalue weighted by Gasteiger charge is -2.44. The second-order valence-electron chi connectivity index (χ2n) is 9.37. The molecule has 0 radical (unpaired) electrons. The number of aryl methyl sites for hydroxylation is 1. The number of sulfone groups is 1. The van der Waals surface area contributed by atoms with E-state index < -0.39 is 44.7 Å². The van der Waals surface area contributed by atoms with E-state index in [2.05, 4.69) is 6.58 Å². The molecule has 1 heterocycles. The normalized spacial score (nSPS) is 21.5. The molecule has 0 amide bonds. The molecule has 6 nitrogen and oxygen atoms in total. The van der Waals surface area contributed by atoms with Crippen molar-refractivity contribution in [3.05, 3.63) is 71.6 Å². The highest BCUT2D eigenvalue weighted by molar-refractivity contribution is 7.92. The number of carbonyl (C=O) groups is 1. The Morgan fingerprint density at radius 1 is 1.22 bits per heavy atom. The Kier molecular flexibility index (Phi) is 7.40. The molecule has 0 spiro atoms. The minimum atomic E-state index is -4.79. The summed E-state index contributed by atoms with van der Waals surface area (Å²) >= 11 is 0. The van der Waals surface area contributed by atoms with Crippen LogP contribution in [0, 0.1) is 5.82 Å². The van der Waals surface area contributed by atoms with Crippen molar-refractivity contribution < 1.29 is 35.9 Å². The number of carboxylic acid groups (broad SMARTS) is 1. The van der Waals surface area contributed by atoms with Crippen LogP contribution in [0.5, 0.6) is 0 Å². The Labute approximate surface area is 213 Å². The number of alkyl halides is 3. The number of hydrogen-bond donors (Lipinski definition) is 1. The lowest BCUT2D eigenvalue weighted by molar-refractivity contribution is -0.140. The third kappa shape index (κ3) is 5.11. The van der Waals surface area contributed by atoms with Crippen LogP contribution in [0.25, 0.3) is 0 Å². The van der Waals surface area contributed by atoms with Crippen LogP contribution in [0.15, 0.2) is 53.9 Å². The molecule has 1 fully saturated rings. The maximum Gasteiger partial charge on any atom is 0.419 e. The zero-order chi connectivity index (χ0) is 27.1. The van der Waals surface area contributed by atoms with Crippen LogP contribution in [0.2, 0.25) is 0 Å². The molecule has 0 aromatic heterocycles. The van der Waals surface area contributed by atoms with E-state index in [4.69, 9.17) is 0 Å². The number of benzene rings is 2. The van der Waals surface area contributed by atoms with Crippen molar-refractivity contribution in [2.24, 2.45) is 0 Å². The smallest absolute Gasteiger partial charge is 0.419 e. The highest BCUT2D eigenvalue weighted by Crippen LogP contribution is 2.37. The van der Waals surface area contributed by atoms with E-state index in [-0.39, 0.29) is 30.6 Å². The maximum atomic E-state index is 14.2. The Bertz CT molecular complexity index is 1310. The van der Waals surface area contributed by atoms with Gasteiger partial charge < -0.3 is 10.0 Å². The summed E-state index contributed by atoms with van der Waals surface area (Å²) < 4.78 is 80.4. The monoisotopic (exact) mass is 540 g/mol. The summed E-state index contributed by atoms with van der Waals surface area (Å²) in [5, 5.41) is 8.42. The van der Waals surface area contributed by atoms with E-state index in [1.807, 2.05) is 6.92 Å². The Morgan fingerprint density at radius 3 is 2.54 bits per heavy atom. The fraction of sp³-hybridized carbons (Fsp3) is 0.423. The number of piperazine rings is 1. The first-order valence-electron chi connectivity index (χ1n) is 12.0. The van der Waals surface area contributed by atoms with Crippen molar-refractivity contribution in [2.45, 2.75) is 54.6 Å². The molecule has 2 aliphatic rings. The number of hydrogen-bond acceptors (Lipinski definition) is 5. The lowest BCUT2D eigenvalue weighted by atomic mass is 10.0. The molecule has 200 valence electrons. The van der Waals surface area contributed by atoms with Crippen LogP contribution >= 0.6 is 0 Å². The molecule has 11 heteroatoms. The zero-order valence-electron chi connectivity index (χ0n) is 20.2. The van der Waals surface area contributed by atoms with Crippen LogP contribution in [0.1, 0.15) is 42.4 Å². The topological polar surface area (TPSA) is 77.9 Å². The molecular formula is C26H28F4N2O4S. The Balaban J connectivity index is 1.58. The third-order valence-corrected chi connectivity index (χ3v) is 9.30. The molecule has 1 aliphatic heterocycles. The van der Waals surface area contributed by atoms with Gasteiger partial charge in [-0.15, -0.1) is 6.58 Å². The Morgan fingerprint density at radius 2 is 1.95 bits per heavy atom. The number of halogens is 4. The summed E-state index contributed by atoms with van der Waals surface area (Å²) in [7, 11) is -3.96. The first-order chi connectivity index (χ1) is 17.4. The highest BCUT2D eigenvalue weighted by Gasteiger charge is 2.39. The molecule has 37 heavy (non-hydrogen) atoms. The van der Waals surface area contributed by atoms with Gasteiger partial charge in [0.2, 0.25) is 0 Å². The van der Waals surface area contributed by atoms with Gasteiger partial charge in [-0.1, -0.05) is 19.1 Å². The summed E-state index contributed by atoms with van der Waals surface area (Å²) in [6.45, 7) is 6.42. The number of rotatable bonds is 7. The fourth-order valence-corrected chi connectivity index (χ4v) is 7.04. The van der Waals surface area contributed by atoms with Crippen LogP contribution < -0.4 is 4.90 Å². The van der Waals surface area contributed by atoms with E-state index >= 15 is 0 Å². The summed E-state index contributed by atoms with van der Waals surface area (Å²) in [5.74, 6) is -3.10. The zero-order valence-corrected chi connectivity index (χ0v) is 21.0. The number of anilines is 1. The molecule has 2 aromatic carbocycles. The number of carboxylic acids is 1. The molecule has 0 saturated carbocycles. The first-order valence-corrected chi connectivity index (χ1v) is 13.5. The first kappa shape index (κ1) is 27.1. The average Bonchev–Trinajstić information content (AvgIpc) is 3.27. The van der Waals surface area contributed by atoms with Gasteiger partial charge in [-0.3, -0.25) is 9.69 Å². The Hall–Kier alpha value is -2.92. The SMILES string of the molecule is C=CC(N1CCN(c2ccc(C(F)(F)F)c(F)c2)CC1CC)S(=O)(=O)c1ccc2c(c1)C(C(=O)O)CC2. The van der Waals surface area contributed by atoms with Gasteiger partial charge in [0.05, 0.1) is 16.4 Å². The largest absolute Gasteiger partial charge is 0.481 e. The third-order valence-electron chi connectivity index (χ3n) is 7.29. The molecule has 1 N–H and O–H groups in total. The number of aliphatic carboxylic acids is 1. The van der Waals surface area contributed by atoms with E-state index in [1.165, 1.54) is 24.3 Å². The van der Waals surface area contributed by atoms with Gasteiger partial charge in [-0.25, -0.2) is 12.8 Å². The molecule has 1 saturated heterocycles. The van der Waals surface area contributed by atoms with Gasteiger partial charge >= 0.3 is 12.1 Å². The molecule has 0 bridgehead atoms. The predicted octanol–water partition coefficient (Wildman–Crippen LogP) is 4.85. The van der Waals surface area contributed by atoms with Gasteiger partial charge in [-0.05, 0) is 60.7 Å². The van der Waals surface area contributed by atoms with Crippen LogP contribution in [0.4, 0.5) is 23.2 Å². The number of nitrogens with zero attached hydrogens (tertiary/aromatic N) is 2. The summed E-state index contributed by atoms with van der Waals surface area (Å²) in [6, 6.07) is 7.10. The van der Waals surface area contributed by atoms with Crippen LogP contribution in [0.3, 0.4) is 0 Å². The highest BCUT2D eigenvalue weighted by atomic mass is 32.2. The van der Waals surface area contributed by atoms with E-state index in [1.54, 1.807) is 15.9 Å². The predicted molar refractivity (Wildman–Crippen MR) is 131 cm³/mol. The van der Waals surface area contributed by atoms with Crippen molar-refractivity contribution in [3.8, 4) is 0 Å². The van der Waals surface area contributed by atoms with Crippen molar-refractivity contribution in [3.63, 3.8) is 0 Å². The van der Waals surface area contributed by atoms with Crippen molar-refractivity contribution >= 4 is 21.5 Å². The minimum absolute atomic E-state index is 0.0198. The molecular weight excluding hydrogens is 512 g/mol. The van der Waals surface area contributed by atoms with Crippen LogP contribution in [-0.2, 0) is 27.2 Å². The van der Waals surface area contributed by atoms with Crippen LogP contribution in [-0.4, -0.2) is 55.4 Å². The molecule has 3 atom stereocenters. The van der Waals surface area contributed by atoms with Crippen molar-refractivity contribution in [1.82, 2.24) is 4.90 Å². The maximum absolute atomic E-state index is 14.2. The lowest BCUT2D eigenvalue weighted by Crippen LogP contribution is -2.57. The van der Waals surface area contributed by atoms with E-state index in [0.717, 1.165) is 11.6 Å². The standard InChI is InChI=1S/C26H28F4N2O4S/c1-3-17-15-31(18-7-10-22(23(27)13-18)26(28,29)30)11-12-32(17)24(4-2)37(35,36)19-8-5-16-6-9-20(25(33)34)21(16)14-19/h4-5,7-8,10,13-14,17,20,24H,2-3,6,9,11-12,15H2,1H3,(H,33,34). The van der Waals surface area contributed by atoms with Crippen molar-refractivity contribution in [2.75, 3.05) is 24.5 Å². The van der Waals surface area contributed by atoms with Gasteiger partial charge in [0.25, 0.3) is 0 Å². The summed E-state index contributed by atoms with van der Waals surface area (Å²) in [6.07, 6.45) is -1.93. The van der Waals surface area contributed by atoms with Gasteiger partial charge in [0, 0.05) is 31.4 Å². The molecule has 3 unspecified atom stereocenters. The second-order valence-corrected chi connectivity index (χ2v) is 11.4. The quantitative estimate of drug-likeness (QED) is 0.400. The van der Waals surface area contributed by atoms with Crippen molar-refractivity contribution in [1.29, 1.82) is 0 Å². The minimum Gasteiger partial charge on any atom is -0.481 e. The molecule has 1 aliphatic carbocycles. The van der Waals surface area contributed by atoms with Gasteiger partial charge in [-0.2, -0.15) is 13.2 Å². The molecule has 4 rings (SSSR count).